The molecule has 1 amide bonds. The van der Waals surface area contributed by atoms with Crippen LogP contribution in [0, 0.1) is 0 Å². The van der Waals surface area contributed by atoms with Crippen LogP contribution in [0.25, 0.3) is 0 Å². The first-order valence-corrected chi connectivity index (χ1v) is 5.42. The van der Waals surface area contributed by atoms with E-state index in [1.54, 1.807) is 18.2 Å². The highest BCUT2D eigenvalue weighted by Crippen LogP contribution is 2.08. The first kappa shape index (κ1) is 12.5. The van der Waals surface area contributed by atoms with Crippen LogP contribution in [0.3, 0.4) is 0 Å². The molecule has 0 spiro atoms. The highest BCUT2D eigenvalue weighted by atomic mass is 35.5. The quantitative estimate of drug-likeness (QED) is 0.631. The monoisotopic (exact) mass is 235 g/mol. The summed E-state index contributed by atoms with van der Waals surface area (Å²) in [4.78, 5) is 11.3. The molecule has 3 heteroatoms. The lowest BCUT2D eigenvalue weighted by Crippen LogP contribution is -2.20. The molecule has 16 heavy (non-hydrogen) atoms. The van der Waals surface area contributed by atoms with Gasteiger partial charge in [-0.2, -0.15) is 0 Å². The van der Waals surface area contributed by atoms with Gasteiger partial charge in [0.1, 0.15) is 0 Å². The molecular weight excluding hydrogens is 222 g/mol. The first-order valence-electron chi connectivity index (χ1n) is 5.04. The van der Waals surface area contributed by atoms with E-state index < -0.39 is 0 Å². The molecule has 0 aliphatic carbocycles. The van der Waals surface area contributed by atoms with Crippen molar-refractivity contribution in [3.8, 4) is 0 Å². The Hall–Kier alpha value is -1.54. The summed E-state index contributed by atoms with van der Waals surface area (Å²) >= 11 is 5.75. The van der Waals surface area contributed by atoms with Gasteiger partial charge in [-0.05, 0) is 24.6 Å². The highest BCUT2D eigenvalue weighted by molar-refractivity contribution is 6.30. The molecule has 0 heterocycles. The smallest absolute Gasteiger partial charge is 0.244 e. The van der Waals surface area contributed by atoms with Crippen molar-refractivity contribution in [2.45, 2.75) is 13.5 Å². The van der Waals surface area contributed by atoms with E-state index in [-0.39, 0.29) is 5.91 Å². The minimum absolute atomic E-state index is 0.104. The van der Waals surface area contributed by atoms with Crippen LogP contribution in [-0.4, -0.2) is 5.91 Å². The highest BCUT2D eigenvalue weighted by Gasteiger charge is 1.95. The van der Waals surface area contributed by atoms with Crippen LogP contribution in [0.15, 0.2) is 48.6 Å². The number of rotatable bonds is 4. The maximum absolute atomic E-state index is 11.3. The van der Waals surface area contributed by atoms with E-state index in [1.165, 1.54) is 6.08 Å². The van der Waals surface area contributed by atoms with Gasteiger partial charge >= 0.3 is 0 Å². The second-order valence-corrected chi connectivity index (χ2v) is 3.67. The van der Waals surface area contributed by atoms with Crippen molar-refractivity contribution >= 4 is 17.5 Å². The van der Waals surface area contributed by atoms with Crippen molar-refractivity contribution < 1.29 is 4.79 Å². The van der Waals surface area contributed by atoms with Gasteiger partial charge in [0.25, 0.3) is 0 Å². The Morgan fingerprint density at radius 3 is 2.62 bits per heavy atom. The molecule has 1 aromatic carbocycles. The van der Waals surface area contributed by atoms with Crippen molar-refractivity contribution in [2.75, 3.05) is 0 Å². The Balaban J connectivity index is 2.40. The molecule has 0 aliphatic rings. The molecule has 0 fully saturated rings. The SMILES string of the molecule is C/C=C/C=C/C(=O)NCc1ccc(Cl)cc1. The summed E-state index contributed by atoms with van der Waals surface area (Å²) in [5, 5.41) is 3.47. The number of benzene rings is 1. The number of nitrogens with one attached hydrogen (secondary N) is 1. The second-order valence-electron chi connectivity index (χ2n) is 3.23. The number of carbonyl (C=O) groups excluding carboxylic acids is 1. The van der Waals surface area contributed by atoms with Crippen LogP contribution in [0.4, 0.5) is 0 Å². The zero-order valence-electron chi connectivity index (χ0n) is 9.11. The Kier molecular flexibility index (Phi) is 5.37. The molecule has 2 nitrogen and oxygen atoms in total. The Morgan fingerprint density at radius 1 is 1.31 bits per heavy atom. The molecule has 0 aromatic heterocycles. The van der Waals surface area contributed by atoms with Crippen molar-refractivity contribution in [3.63, 3.8) is 0 Å². The van der Waals surface area contributed by atoms with Crippen LogP contribution < -0.4 is 5.32 Å². The lowest BCUT2D eigenvalue weighted by atomic mass is 10.2. The Labute approximate surface area is 101 Å². The average Bonchev–Trinajstić information content (AvgIpc) is 2.29. The fraction of sp³-hybridized carbons (Fsp3) is 0.154. The van der Waals surface area contributed by atoms with Gasteiger partial charge < -0.3 is 5.32 Å². The van der Waals surface area contributed by atoms with Gasteiger partial charge in [-0.1, -0.05) is 42.0 Å². The van der Waals surface area contributed by atoms with Crippen LogP contribution in [0.1, 0.15) is 12.5 Å². The lowest BCUT2D eigenvalue weighted by Gasteiger charge is -2.02. The minimum Gasteiger partial charge on any atom is -0.348 e. The van der Waals surface area contributed by atoms with E-state index in [2.05, 4.69) is 5.32 Å². The van der Waals surface area contributed by atoms with E-state index in [4.69, 9.17) is 11.6 Å². The fourth-order valence-corrected chi connectivity index (χ4v) is 1.23. The van der Waals surface area contributed by atoms with E-state index in [0.29, 0.717) is 11.6 Å². The minimum atomic E-state index is -0.104. The molecule has 0 bridgehead atoms. The van der Waals surface area contributed by atoms with Gasteiger partial charge in [0.2, 0.25) is 5.91 Å². The number of hydrogen-bond acceptors (Lipinski definition) is 1. The predicted molar refractivity (Wildman–Crippen MR) is 67.3 cm³/mol. The van der Waals surface area contributed by atoms with E-state index in [0.717, 1.165) is 5.56 Å². The van der Waals surface area contributed by atoms with Crippen molar-refractivity contribution in [3.05, 3.63) is 59.2 Å². The first-order chi connectivity index (χ1) is 7.72. The summed E-state index contributed by atoms with van der Waals surface area (Å²) in [6.45, 7) is 2.41. The summed E-state index contributed by atoms with van der Waals surface area (Å²) in [7, 11) is 0. The third-order valence-electron chi connectivity index (χ3n) is 1.93. The standard InChI is InChI=1S/C13H14ClNO/c1-2-3-4-5-13(16)15-10-11-6-8-12(14)9-7-11/h2-9H,10H2,1H3,(H,15,16)/b3-2+,5-4+. The van der Waals surface area contributed by atoms with Crippen molar-refractivity contribution in [1.82, 2.24) is 5.32 Å². The third kappa shape index (κ3) is 4.80. The zero-order chi connectivity index (χ0) is 11.8. The topological polar surface area (TPSA) is 29.1 Å². The van der Waals surface area contributed by atoms with E-state index in [1.807, 2.05) is 31.2 Å². The normalized spacial score (nSPS) is 11.1. The summed E-state index contributed by atoms with van der Waals surface area (Å²) in [5.41, 5.74) is 1.03. The molecule has 0 aliphatic heterocycles. The second kappa shape index (κ2) is 6.85. The molecule has 1 N–H and O–H groups in total. The molecule has 0 radical (unpaired) electrons. The van der Waals surface area contributed by atoms with Crippen LogP contribution in [0.2, 0.25) is 5.02 Å². The van der Waals surface area contributed by atoms with Gasteiger partial charge in [-0.15, -0.1) is 0 Å². The number of hydrogen-bond donors (Lipinski definition) is 1. The summed E-state index contributed by atoms with van der Waals surface area (Å²) < 4.78 is 0. The summed E-state index contributed by atoms with van der Waals surface area (Å²) in [6.07, 6.45) is 6.87. The number of halogens is 1. The molecule has 0 unspecified atom stereocenters. The predicted octanol–water partition coefficient (Wildman–Crippen LogP) is 3.09. The maximum atomic E-state index is 11.3. The molecule has 0 saturated heterocycles. The largest absolute Gasteiger partial charge is 0.348 e. The van der Waals surface area contributed by atoms with Crippen LogP contribution >= 0.6 is 11.6 Å². The van der Waals surface area contributed by atoms with Gasteiger partial charge in [0.05, 0.1) is 0 Å². The third-order valence-corrected chi connectivity index (χ3v) is 2.18. The lowest BCUT2D eigenvalue weighted by molar-refractivity contribution is -0.116. The molecule has 0 saturated carbocycles. The van der Waals surface area contributed by atoms with E-state index in [9.17, 15) is 4.79 Å². The van der Waals surface area contributed by atoms with Crippen molar-refractivity contribution in [1.29, 1.82) is 0 Å². The van der Waals surface area contributed by atoms with Gasteiger partial charge in [0.15, 0.2) is 0 Å². The van der Waals surface area contributed by atoms with Crippen molar-refractivity contribution in [2.24, 2.45) is 0 Å². The molecule has 1 rings (SSSR count). The number of carbonyl (C=O) groups is 1. The molecule has 1 aromatic rings. The van der Waals surface area contributed by atoms with E-state index >= 15 is 0 Å². The maximum Gasteiger partial charge on any atom is 0.244 e. The van der Waals surface area contributed by atoms with Gasteiger partial charge in [-0.25, -0.2) is 0 Å². The Morgan fingerprint density at radius 2 is 2.00 bits per heavy atom. The molecule has 84 valence electrons. The Bertz CT molecular complexity index is 393. The molecular formula is C13H14ClNO. The zero-order valence-corrected chi connectivity index (χ0v) is 9.87. The number of allylic oxidation sites excluding steroid dienone is 3. The average molecular weight is 236 g/mol. The van der Waals surface area contributed by atoms with Crippen LogP contribution in [-0.2, 0) is 11.3 Å². The molecule has 0 atom stereocenters. The number of amides is 1. The summed E-state index contributed by atoms with van der Waals surface area (Å²) in [5.74, 6) is -0.104. The van der Waals surface area contributed by atoms with Gasteiger partial charge in [0, 0.05) is 17.6 Å². The van der Waals surface area contributed by atoms with Crippen LogP contribution in [0.5, 0.6) is 0 Å². The fourth-order valence-electron chi connectivity index (χ4n) is 1.10. The van der Waals surface area contributed by atoms with Gasteiger partial charge in [-0.3, -0.25) is 4.79 Å². The summed E-state index contributed by atoms with van der Waals surface area (Å²) in [6, 6.07) is 7.38.